The van der Waals surface area contributed by atoms with E-state index < -0.39 is 5.54 Å². The van der Waals surface area contributed by atoms with Gasteiger partial charge in [-0.3, -0.25) is 9.69 Å². The van der Waals surface area contributed by atoms with Gasteiger partial charge in [-0.05, 0) is 49.9 Å². The Balaban J connectivity index is 1.33. The first kappa shape index (κ1) is 17.1. The van der Waals surface area contributed by atoms with E-state index in [1.54, 1.807) is 7.11 Å². The number of piperazine rings is 1. The molecule has 1 N–H and O–H groups in total. The summed E-state index contributed by atoms with van der Waals surface area (Å²) in [7, 11) is 1.66. The Labute approximate surface area is 153 Å². The minimum atomic E-state index is -0.692. The van der Waals surface area contributed by atoms with Crippen LogP contribution >= 0.6 is 0 Å². The number of carbonyl (C=O) groups is 2. The molecule has 0 unspecified atom stereocenters. The van der Waals surface area contributed by atoms with E-state index in [4.69, 9.17) is 4.74 Å². The number of ether oxygens (including phenoxy) is 1. The number of amides is 3. The van der Waals surface area contributed by atoms with Crippen molar-refractivity contribution in [2.24, 2.45) is 5.92 Å². The molecule has 3 aliphatic rings. The van der Waals surface area contributed by atoms with Gasteiger partial charge in [-0.15, -0.1) is 0 Å². The number of rotatable bonds is 5. The first-order chi connectivity index (χ1) is 12.5. The highest BCUT2D eigenvalue weighted by Gasteiger charge is 2.56. The Morgan fingerprint density at radius 3 is 2.35 bits per heavy atom. The van der Waals surface area contributed by atoms with E-state index in [-0.39, 0.29) is 11.9 Å². The zero-order valence-electron chi connectivity index (χ0n) is 15.4. The molecule has 7 nitrogen and oxygen atoms in total. The molecule has 26 heavy (non-hydrogen) atoms. The van der Waals surface area contributed by atoms with Crippen LogP contribution in [0.3, 0.4) is 0 Å². The molecule has 140 valence electrons. The average Bonchev–Trinajstić information content (AvgIpc) is 3.49. The summed E-state index contributed by atoms with van der Waals surface area (Å²) >= 11 is 0. The van der Waals surface area contributed by atoms with Gasteiger partial charge in [-0.25, -0.2) is 9.69 Å². The van der Waals surface area contributed by atoms with Crippen molar-refractivity contribution in [3.8, 4) is 5.75 Å². The second-order valence-corrected chi connectivity index (χ2v) is 7.58. The van der Waals surface area contributed by atoms with Crippen molar-refractivity contribution < 1.29 is 14.3 Å². The van der Waals surface area contributed by atoms with Gasteiger partial charge in [0.1, 0.15) is 11.3 Å². The molecule has 2 heterocycles. The van der Waals surface area contributed by atoms with Gasteiger partial charge in [0.05, 0.1) is 13.8 Å². The van der Waals surface area contributed by atoms with Gasteiger partial charge in [-0.2, -0.15) is 0 Å². The third kappa shape index (κ3) is 3.00. The van der Waals surface area contributed by atoms with Crippen LogP contribution in [0.25, 0.3) is 0 Å². The van der Waals surface area contributed by atoms with Crippen LogP contribution in [0.1, 0.15) is 19.8 Å². The van der Waals surface area contributed by atoms with Crippen molar-refractivity contribution in [2.75, 3.05) is 44.9 Å². The van der Waals surface area contributed by atoms with Crippen molar-refractivity contribution >= 4 is 17.6 Å². The summed E-state index contributed by atoms with van der Waals surface area (Å²) in [6.07, 6.45) is 2.05. The van der Waals surface area contributed by atoms with E-state index in [2.05, 4.69) is 27.2 Å². The first-order valence-electron chi connectivity index (χ1n) is 9.27. The Kier molecular flexibility index (Phi) is 4.26. The average molecular weight is 358 g/mol. The van der Waals surface area contributed by atoms with Crippen molar-refractivity contribution in [3.63, 3.8) is 0 Å². The van der Waals surface area contributed by atoms with Crippen molar-refractivity contribution in [1.82, 2.24) is 15.1 Å². The summed E-state index contributed by atoms with van der Waals surface area (Å²) in [5.74, 6) is 1.09. The predicted octanol–water partition coefficient (Wildman–Crippen LogP) is 1.50. The summed E-state index contributed by atoms with van der Waals surface area (Å²) in [6.45, 7) is 5.63. The second-order valence-electron chi connectivity index (χ2n) is 7.58. The molecule has 0 radical (unpaired) electrons. The molecular weight excluding hydrogens is 332 g/mol. The number of imide groups is 1. The maximum atomic E-state index is 12.7. The Bertz CT molecular complexity index is 695. The molecule has 7 heteroatoms. The molecule has 0 bridgehead atoms. The highest BCUT2D eigenvalue weighted by Crippen LogP contribution is 2.42. The number of benzene rings is 1. The fourth-order valence-electron chi connectivity index (χ4n) is 3.92. The summed E-state index contributed by atoms with van der Waals surface area (Å²) in [5, 5.41) is 2.92. The Hall–Kier alpha value is -2.28. The summed E-state index contributed by atoms with van der Waals surface area (Å²) in [4.78, 5) is 30.9. The SMILES string of the molecule is COc1ccc(N2CCN(CN3C(=O)N[C@](C)(C4CC4)C3=O)CC2)cc1. The standard InChI is InChI=1S/C19H26N4O3/c1-19(14-3-4-14)17(24)23(18(25)20-19)13-21-9-11-22(12-10-21)15-5-7-16(26-2)8-6-15/h5-8,14H,3-4,9-13H2,1-2H3,(H,20,25)/t19-/m1/s1. The highest BCUT2D eigenvalue weighted by atomic mass is 16.5. The molecule has 0 spiro atoms. The lowest BCUT2D eigenvalue weighted by Gasteiger charge is -2.37. The van der Waals surface area contributed by atoms with E-state index in [1.165, 1.54) is 10.6 Å². The molecule has 2 saturated heterocycles. The Morgan fingerprint density at radius 2 is 1.77 bits per heavy atom. The second kappa shape index (κ2) is 6.46. The molecule has 1 saturated carbocycles. The van der Waals surface area contributed by atoms with Gasteiger partial charge in [0.15, 0.2) is 0 Å². The number of urea groups is 1. The minimum Gasteiger partial charge on any atom is -0.497 e. The molecule has 1 aromatic carbocycles. The third-order valence-corrected chi connectivity index (χ3v) is 5.85. The number of anilines is 1. The molecular formula is C19H26N4O3. The fourth-order valence-corrected chi connectivity index (χ4v) is 3.92. The van der Waals surface area contributed by atoms with E-state index in [9.17, 15) is 9.59 Å². The van der Waals surface area contributed by atoms with Gasteiger partial charge in [-0.1, -0.05) is 0 Å². The number of hydrogen-bond acceptors (Lipinski definition) is 5. The quantitative estimate of drug-likeness (QED) is 0.808. The van der Waals surface area contributed by atoms with Gasteiger partial charge >= 0.3 is 6.03 Å². The third-order valence-electron chi connectivity index (χ3n) is 5.85. The van der Waals surface area contributed by atoms with Crippen LogP contribution in [0.2, 0.25) is 0 Å². The molecule has 3 fully saturated rings. The number of nitrogens with zero attached hydrogens (tertiary/aromatic N) is 3. The van der Waals surface area contributed by atoms with Crippen LogP contribution in [0.5, 0.6) is 5.75 Å². The topological polar surface area (TPSA) is 65.1 Å². The lowest BCUT2D eigenvalue weighted by atomic mass is 9.96. The van der Waals surface area contributed by atoms with Crippen LogP contribution < -0.4 is 15.0 Å². The van der Waals surface area contributed by atoms with Gasteiger partial charge in [0.25, 0.3) is 5.91 Å². The molecule has 0 aromatic heterocycles. The van der Waals surface area contributed by atoms with Crippen LogP contribution in [0.4, 0.5) is 10.5 Å². The number of hydrogen-bond donors (Lipinski definition) is 1. The fraction of sp³-hybridized carbons (Fsp3) is 0.579. The number of carbonyl (C=O) groups excluding carboxylic acids is 2. The maximum Gasteiger partial charge on any atom is 0.326 e. The smallest absolute Gasteiger partial charge is 0.326 e. The first-order valence-corrected chi connectivity index (χ1v) is 9.27. The number of nitrogens with one attached hydrogen (secondary N) is 1. The largest absolute Gasteiger partial charge is 0.497 e. The summed E-state index contributed by atoms with van der Waals surface area (Å²) in [6, 6.07) is 7.81. The maximum absolute atomic E-state index is 12.7. The van der Waals surface area contributed by atoms with Crippen LogP contribution in [0, 0.1) is 5.92 Å². The van der Waals surface area contributed by atoms with E-state index in [0.29, 0.717) is 12.6 Å². The predicted molar refractivity (Wildman–Crippen MR) is 98.2 cm³/mol. The summed E-state index contributed by atoms with van der Waals surface area (Å²) < 4.78 is 5.20. The highest BCUT2D eigenvalue weighted by molar-refractivity contribution is 6.07. The zero-order valence-corrected chi connectivity index (χ0v) is 15.4. The van der Waals surface area contributed by atoms with E-state index in [1.807, 2.05) is 19.1 Å². The van der Waals surface area contributed by atoms with Crippen LogP contribution in [0.15, 0.2) is 24.3 Å². The van der Waals surface area contributed by atoms with E-state index >= 15 is 0 Å². The van der Waals surface area contributed by atoms with Crippen molar-refractivity contribution in [1.29, 1.82) is 0 Å². The molecule has 1 aromatic rings. The van der Waals surface area contributed by atoms with Crippen LogP contribution in [-0.4, -0.2) is 67.2 Å². The molecule has 1 aliphatic carbocycles. The van der Waals surface area contributed by atoms with E-state index in [0.717, 1.165) is 44.8 Å². The van der Waals surface area contributed by atoms with Gasteiger partial charge in [0, 0.05) is 31.9 Å². The normalized spacial score (nSPS) is 27.0. The molecule has 1 atom stereocenters. The van der Waals surface area contributed by atoms with Gasteiger partial charge in [0.2, 0.25) is 0 Å². The number of methoxy groups -OCH3 is 1. The zero-order chi connectivity index (χ0) is 18.3. The van der Waals surface area contributed by atoms with Crippen molar-refractivity contribution in [2.45, 2.75) is 25.3 Å². The summed E-state index contributed by atoms with van der Waals surface area (Å²) in [5.41, 5.74) is 0.476. The lowest BCUT2D eigenvalue weighted by molar-refractivity contribution is -0.133. The minimum absolute atomic E-state index is 0.0671. The Morgan fingerprint density at radius 1 is 1.12 bits per heavy atom. The molecule has 2 aliphatic heterocycles. The monoisotopic (exact) mass is 358 g/mol. The molecule has 3 amide bonds. The van der Waals surface area contributed by atoms with Crippen molar-refractivity contribution in [3.05, 3.63) is 24.3 Å². The lowest BCUT2D eigenvalue weighted by Crippen LogP contribution is -2.52. The van der Waals surface area contributed by atoms with Gasteiger partial charge < -0.3 is 15.0 Å². The van der Waals surface area contributed by atoms with Crippen LogP contribution in [-0.2, 0) is 4.79 Å². The molecule has 4 rings (SSSR count).